The normalized spacial score (nSPS) is 11.7. The van der Waals surface area contributed by atoms with Crippen LogP contribution in [0, 0.1) is 7.43 Å². The van der Waals surface area contributed by atoms with Crippen LogP contribution in [-0.2, 0) is 40.7 Å². The molecular weight excluding hydrogens is 1170 g/mol. The number of halogens is 1. The van der Waals surface area contributed by atoms with Crippen molar-refractivity contribution in [2.45, 2.75) is 33.4 Å². The first-order chi connectivity index (χ1) is 32.9. The Hall–Kier alpha value is -6.88. The standard InChI is InChI=1S/C22H23N5O6S.C18H21N3O6S.C4H3ClN2.CH4.CH3.W/c1-4-32-19-10-14(6-7-18(19)31-2)17(13-34(3,29)30)27-20-16(26-22(27)28)11-15(12-25-20)33-21-23-8-5-9-24-21;1-4-27-16-7-11(5-6-15(16)26-2)14(10-28(3,24)25)21-17-13(20-18(21)23)8-12(22)9-19-17;5-4-6-2-1-3-7-4;;;/h5-12,17H,4,13H2,1-3H3,(H,26,28);5-9,14,22H,4,10H2,1-3H3,(H,20,23);1-3H;1H4;1H3;/q;;;;-1;/t17-;14-;;;;/m11..../s1. The molecule has 8 rings (SSSR count). The summed E-state index contributed by atoms with van der Waals surface area (Å²) in [6, 6.07) is 14.8. The second kappa shape index (κ2) is 26.5. The first-order valence-electron chi connectivity index (χ1n) is 20.7. The van der Waals surface area contributed by atoms with Crippen LogP contribution in [0.1, 0.15) is 44.5 Å². The van der Waals surface area contributed by atoms with Gasteiger partial charge < -0.3 is 46.2 Å². The number of hydrogen-bond donors (Lipinski definition) is 3. The molecule has 3 N–H and O–H groups in total. The maximum atomic E-state index is 13.0. The second-order valence-electron chi connectivity index (χ2n) is 14.8. The molecule has 0 spiro atoms. The zero-order valence-corrected chi connectivity index (χ0v) is 44.7. The number of aromatic hydroxyl groups is 1. The van der Waals surface area contributed by atoms with E-state index in [4.69, 9.17) is 35.3 Å². The molecule has 0 aliphatic heterocycles. The minimum atomic E-state index is -3.49. The van der Waals surface area contributed by atoms with Gasteiger partial charge in [0.1, 0.15) is 25.4 Å². The molecule has 22 nitrogen and oxygen atoms in total. The van der Waals surface area contributed by atoms with Crippen LogP contribution >= 0.6 is 11.6 Å². The SMILES string of the molecule is C.CCOc1cc([C@@H](CS(C)(=O)=O)n2c(=O)[nH]c3cc(O)cnc32)ccc1OC.CCOc1cc([C@@H](CS(C)(=O)=O)n2c(=O)[nH]c3cc(Oc4ncccn4)cnc32)ccc1OC.Clc1ncccn1.[CH3-].[W]. The van der Waals surface area contributed by atoms with Crippen LogP contribution in [0.3, 0.4) is 0 Å². The van der Waals surface area contributed by atoms with Gasteiger partial charge in [-0.2, -0.15) is 0 Å². The molecule has 6 heterocycles. The first-order valence-corrected chi connectivity index (χ1v) is 25.2. The summed E-state index contributed by atoms with van der Waals surface area (Å²) in [6.07, 6.45) is 11.1. The van der Waals surface area contributed by atoms with Gasteiger partial charge in [0.25, 0.3) is 0 Å². The number of methoxy groups -OCH3 is 2. The van der Waals surface area contributed by atoms with Gasteiger partial charge in [-0.15, -0.1) is 0 Å². The average molecular weight is 1220 g/mol. The van der Waals surface area contributed by atoms with Crippen molar-refractivity contribution in [3.8, 4) is 40.5 Å². The van der Waals surface area contributed by atoms with Gasteiger partial charge in [-0.3, -0.25) is 9.13 Å². The van der Waals surface area contributed by atoms with E-state index in [1.54, 1.807) is 67.0 Å². The molecule has 0 aliphatic rings. The van der Waals surface area contributed by atoms with Crippen LogP contribution in [-0.4, -0.2) is 122 Å². The number of aromatic nitrogens is 10. The molecule has 72 heavy (non-hydrogen) atoms. The minimum absolute atomic E-state index is 0. The van der Waals surface area contributed by atoms with Crippen LogP contribution in [0.4, 0.5) is 0 Å². The molecule has 0 bridgehead atoms. The molecule has 0 radical (unpaired) electrons. The minimum Gasteiger partial charge on any atom is -0.506 e. The topological polar surface area (TPSA) is 288 Å². The van der Waals surface area contributed by atoms with Crippen molar-refractivity contribution >= 4 is 53.6 Å². The number of aromatic amines is 2. The van der Waals surface area contributed by atoms with Gasteiger partial charge in [0.05, 0.1) is 74.4 Å². The molecular formula is C46H54ClN10O12S2W-. The number of nitrogens with zero attached hydrogens (tertiary/aromatic N) is 8. The Morgan fingerprint density at radius 1 is 0.653 bits per heavy atom. The Bertz CT molecular complexity index is 3380. The average Bonchev–Trinajstić information content (AvgIpc) is 3.81. The molecule has 0 amide bonds. The Morgan fingerprint density at radius 2 is 1.08 bits per heavy atom. The Kier molecular flexibility index (Phi) is 21.9. The van der Waals surface area contributed by atoms with E-state index in [2.05, 4.69) is 39.9 Å². The molecule has 0 aliphatic carbocycles. The molecule has 0 saturated carbocycles. The van der Waals surface area contributed by atoms with Gasteiger partial charge in [0.2, 0.25) is 5.28 Å². The van der Waals surface area contributed by atoms with Crippen molar-refractivity contribution in [1.29, 1.82) is 0 Å². The summed E-state index contributed by atoms with van der Waals surface area (Å²) in [4.78, 5) is 54.7. The van der Waals surface area contributed by atoms with Crippen LogP contribution < -0.4 is 35.1 Å². The van der Waals surface area contributed by atoms with Crippen molar-refractivity contribution < 1.29 is 66.7 Å². The third-order valence-corrected chi connectivity index (χ3v) is 11.7. The molecule has 2 aromatic carbocycles. The van der Waals surface area contributed by atoms with Gasteiger partial charge >= 0.3 is 17.4 Å². The van der Waals surface area contributed by atoms with Crippen molar-refractivity contribution in [2.24, 2.45) is 0 Å². The molecule has 6 aromatic heterocycles. The molecule has 0 saturated heterocycles. The quantitative estimate of drug-likeness (QED) is 0.0735. The number of benzene rings is 2. The van der Waals surface area contributed by atoms with Crippen LogP contribution in [0.5, 0.6) is 40.5 Å². The second-order valence-corrected chi connectivity index (χ2v) is 19.5. The summed E-state index contributed by atoms with van der Waals surface area (Å²) in [5.41, 5.74) is 1.25. The van der Waals surface area contributed by atoms with E-state index in [1.807, 2.05) is 13.8 Å². The van der Waals surface area contributed by atoms with Crippen molar-refractivity contribution in [3.63, 3.8) is 0 Å². The largest absolute Gasteiger partial charge is 0.506 e. The Morgan fingerprint density at radius 3 is 1.49 bits per heavy atom. The predicted octanol–water partition coefficient (Wildman–Crippen LogP) is 6.03. The number of imidazole rings is 2. The number of fused-ring (bicyclic) bond motifs is 2. The van der Waals surface area contributed by atoms with Crippen molar-refractivity contribution in [3.05, 3.63) is 143 Å². The van der Waals surface area contributed by atoms with E-state index in [9.17, 15) is 31.5 Å². The number of nitrogens with one attached hydrogen (secondary N) is 2. The molecule has 0 fully saturated rings. The third kappa shape index (κ3) is 15.6. The van der Waals surface area contributed by atoms with Crippen LogP contribution in [0.15, 0.2) is 107 Å². The van der Waals surface area contributed by atoms with Gasteiger partial charge in [-0.25, -0.2) is 56.3 Å². The zero-order chi connectivity index (χ0) is 49.9. The third-order valence-electron chi connectivity index (χ3n) is 9.65. The summed E-state index contributed by atoms with van der Waals surface area (Å²) in [6.45, 7) is 4.43. The van der Waals surface area contributed by atoms with Gasteiger partial charge in [0, 0.05) is 70.5 Å². The van der Waals surface area contributed by atoms with Crippen LogP contribution in [0.25, 0.3) is 22.3 Å². The number of sulfone groups is 2. The maximum absolute atomic E-state index is 13.0. The molecule has 0 unspecified atom stereocenters. The Balaban J connectivity index is 0.000000326. The summed E-state index contributed by atoms with van der Waals surface area (Å²) in [5, 5.41) is 9.90. The summed E-state index contributed by atoms with van der Waals surface area (Å²) < 4.78 is 78.8. The molecule has 8 aromatic rings. The van der Waals surface area contributed by atoms with Gasteiger partial charge in [-0.1, -0.05) is 19.6 Å². The number of rotatable bonds is 16. The van der Waals surface area contributed by atoms with Crippen LogP contribution in [0.2, 0.25) is 5.28 Å². The van der Waals surface area contributed by atoms with E-state index in [1.165, 1.54) is 54.2 Å². The van der Waals surface area contributed by atoms with Gasteiger partial charge in [-0.05, 0) is 73.0 Å². The first kappa shape index (κ1) is 59.4. The summed E-state index contributed by atoms with van der Waals surface area (Å²) in [5.74, 6) is 1.45. The smallest absolute Gasteiger partial charge is 0.328 e. The van der Waals surface area contributed by atoms with Crippen molar-refractivity contribution in [2.75, 3.05) is 51.5 Å². The summed E-state index contributed by atoms with van der Waals surface area (Å²) >= 11 is 5.32. The maximum Gasteiger partial charge on any atom is 0.328 e. The van der Waals surface area contributed by atoms with Crippen molar-refractivity contribution in [1.82, 2.24) is 49.0 Å². The molecule has 2 atom stereocenters. The van der Waals surface area contributed by atoms with E-state index in [0.717, 1.165) is 12.5 Å². The predicted molar refractivity (Wildman–Crippen MR) is 269 cm³/mol. The number of H-pyrrole nitrogens is 2. The monoisotopic (exact) mass is 1220 g/mol. The fourth-order valence-corrected chi connectivity index (χ4v) is 8.85. The van der Waals surface area contributed by atoms with E-state index < -0.39 is 43.1 Å². The Labute approximate surface area is 434 Å². The van der Waals surface area contributed by atoms with E-state index >= 15 is 0 Å². The fraction of sp³-hybridized carbons (Fsp3) is 0.283. The molecule has 26 heteroatoms. The number of ether oxygens (including phenoxy) is 5. The fourth-order valence-electron chi connectivity index (χ4n) is 6.91. The van der Waals surface area contributed by atoms with Gasteiger partial charge in [0.15, 0.2) is 40.0 Å². The van der Waals surface area contributed by atoms with E-state index in [-0.39, 0.29) is 70.5 Å². The zero-order valence-electron chi connectivity index (χ0n) is 39.3. The summed E-state index contributed by atoms with van der Waals surface area (Å²) in [7, 11) is -3.92. The number of hydrogen-bond acceptors (Lipinski definition) is 18. The number of pyridine rings is 2. The molecule has 386 valence electrons. The van der Waals surface area contributed by atoms with E-state index in [0.29, 0.717) is 69.4 Å².